The van der Waals surface area contributed by atoms with E-state index in [-0.39, 0.29) is 29.7 Å². The number of aromatic nitrogens is 1. The highest BCUT2D eigenvalue weighted by atomic mass is 35.5. The number of fused-ring (bicyclic) bond motifs is 3. The van der Waals surface area contributed by atoms with Crippen molar-refractivity contribution in [2.75, 3.05) is 16.8 Å². The molecule has 1 aromatic carbocycles. The zero-order valence-electron chi connectivity index (χ0n) is 15.2. The smallest absolute Gasteiger partial charge is 0.325 e. The number of nitrogens with zero attached hydrogens (tertiary/aromatic N) is 2. The molecule has 0 radical (unpaired) electrons. The third-order valence-corrected chi connectivity index (χ3v) is 5.71. The Balaban J connectivity index is 1.58. The van der Waals surface area contributed by atoms with Crippen molar-refractivity contribution in [3.05, 3.63) is 63.6 Å². The molecule has 30 heavy (non-hydrogen) atoms. The monoisotopic (exact) mass is 451 g/mol. The van der Waals surface area contributed by atoms with E-state index in [1.54, 1.807) is 6.20 Å². The molecule has 0 bridgehead atoms. The lowest BCUT2D eigenvalue weighted by molar-refractivity contribution is -0.137. The average molecular weight is 452 g/mol. The highest BCUT2D eigenvalue weighted by Crippen LogP contribution is 2.39. The molecule has 0 atom stereocenters. The third-order valence-electron chi connectivity index (χ3n) is 4.59. The van der Waals surface area contributed by atoms with Gasteiger partial charge in [-0.1, -0.05) is 11.6 Å². The second kappa shape index (κ2) is 7.73. The summed E-state index contributed by atoms with van der Waals surface area (Å²) in [4.78, 5) is 31.7. The number of halogens is 4. The molecule has 5 nitrogen and oxygen atoms in total. The molecule has 0 spiro atoms. The van der Waals surface area contributed by atoms with Gasteiger partial charge in [-0.2, -0.15) is 13.2 Å². The summed E-state index contributed by atoms with van der Waals surface area (Å²) in [5.41, 5.74) is 1.38. The second-order valence-electron chi connectivity index (χ2n) is 6.56. The van der Waals surface area contributed by atoms with Crippen LogP contribution in [0.2, 0.25) is 5.15 Å². The molecular weight excluding hydrogens is 439 g/mol. The molecule has 10 heteroatoms. The highest BCUT2D eigenvalue weighted by Gasteiger charge is 2.31. The largest absolute Gasteiger partial charge is 0.416 e. The van der Waals surface area contributed by atoms with Crippen LogP contribution in [0.3, 0.4) is 0 Å². The molecule has 4 rings (SSSR count). The predicted molar refractivity (Wildman–Crippen MR) is 109 cm³/mol. The molecule has 154 valence electrons. The van der Waals surface area contributed by atoms with Crippen LogP contribution in [0, 0.1) is 0 Å². The second-order valence-corrected chi connectivity index (χ2v) is 7.95. The molecule has 2 amide bonds. The minimum Gasteiger partial charge on any atom is -0.325 e. The van der Waals surface area contributed by atoms with Crippen molar-refractivity contribution in [2.45, 2.75) is 12.6 Å². The summed E-state index contributed by atoms with van der Waals surface area (Å²) in [5, 5.41) is 4.58. The Bertz CT molecular complexity index is 1130. The Kier molecular flexibility index (Phi) is 5.25. The molecule has 3 aromatic rings. The first kappa shape index (κ1) is 20.4. The minimum atomic E-state index is -4.46. The van der Waals surface area contributed by atoms with Crippen molar-refractivity contribution >= 4 is 46.1 Å². The molecule has 0 saturated carbocycles. The minimum absolute atomic E-state index is 0.118. The summed E-state index contributed by atoms with van der Waals surface area (Å²) < 4.78 is 38.1. The van der Waals surface area contributed by atoms with Gasteiger partial charge in [-0.3, -0.25) is 9.59 Å². The van der Waals surface area contributed by atoms with Crippen molar-refractivity contribution in [1.82, 2.24) is 4.98 Å². The maximum absolute atomic E-state index is 12.9. The highest BCUT2D eigenvalue weighted by molar-refractivity contribution is 7.10. The molecule has 2 aromatic heterocycles. The van der Waals surface area contributed by atoms with Crippen LogP contribution in [-0.4, -0.2) is 23.3 Å². The van der Waals surface area contributed by atoms with Crippen molar-refractivity contribution in [3.63, 3.8) is 0 Å². The Morgan fingerprint density at radius 1 is 1.20 bits per heavy atom. The van der Waals surface area contributed by atoms with Gasteiger partial charge in [0.1, 0.15) is 11.7 Å². The van der Waals surface area contributed by atoms with Crippen LogP contribution >= 0.6 is 22.9 Å². The molecule has 0 aliphatic carbocycles. The van der Waals surface area contributed by atoms with Gasteiger partial charge in [0.25, 0.3) is 0 Å². The molecule has 3 heterocycles. The van der Waals surface area contributed by atoms with E-state index in [4.69, 9.17) is 11.6 Å². The van der Waals surface area contributed by atoms with Crippen molar-refractivity contribution in [3.8, 4) is 11.1 Å². The molecule has 1 aliphatic heterocycles. The zero-order chi connectivity index (χ0) is 21.5. The normalized spacial score (nSPS) is 13.5. The number of thiophene rings is 1. The maximum Gasteiger partial charge on any atom is 0.416 e. The average Bonchev–Trinajstić information content (AvgIpc) is 3.10. The van der Waals surface area contributed by atoms with Gasteiger partial charge in [-0.15, -0.1) is 11.3 Å². The van der Waals surface area contributed by atoms with Crippen molar-refractivity contribution in [1.29, 1.82) is 0 Å². The number of rotatable bonds is 3. The van der Waals surface area contributed by atoms with Gasteiger partial charge in [0, 0.05) is 22.3 Å². The van der Waals surface area contributed by atoms with Crippen molar-refractivity contribution in [2.24, 2.45) is 0 Å². The number of nitrogens with one attached hydrogen (secondary N) is 1. The van der Waals surface area contributed by atoms with E-state index >= 15 is 0 Å². The fourth-order valence-electron chi connectivity index (χ4n) is 3.20. The molecule has 0 fully saturated rings. The lowest BCUT2D eigenvalue weighted by Crippen LogP contribution is -2.38. The number of carbonyl (C=O) groups is 2. The van der Waals surface area contributed by atoms with Gasteiger partial charge in [0.05, 0.1) is 17.7 Å². The van der Waals surface area contributed by atoms with Crippen molar-refractivity contribution < 1.29 is 22.8 Å². The van der Waals surface area contributed by atoms with Gasteiger partial charge in [0.15, 0.2) is 0 Å². The number of pyridine rings is 1. The predicted octanol–water partition coefficient (Wildman–Crippen LogP) is 5.01. The Labute approximate surface area is 178 Å². The van der Waals surface area contributed by atoms with E-state index in [1.807, 2.05) is 11.4 Å². The van der Waals surface area contributed by atoms with Crippen LogP contribution in [0.1, 0.15) is 10.4 Å². The number of hydrogen-bond acceptors (Lipinski definition) is 4. The summed E-state index contributed by atoms with van der Waals surface area (Å²) >= 11 is 7.46. The first-order chi connectivity index (χ1) is 14.2. The SMILES string of the molecule is O=C(CN1C(=O)Cc2sccc2-c2cnc(Cl)cc21)Nc1ccc(C(F)(F)F)cc1. The summed E-state index contributed by atoms with van der Waals surface area (Å²) in [6, 6.07) is 7.49. The van der Waals surface area contributed by atoms with Gasteiger partial charge >= 0.3 is 6.18 Å². The van der Waals surface area contributed by atoms with Gasteiger partial charge < -0.3 is 10.2 Å². The van der Waals surface area contributed by atoms with E-state index in [1.165, 1.54) is 22.3 Å². The van der Waals surface area contributed by atoms with Crippen LogP contribution < -0.4 is 10.2 Å². The molecule has 0 saturated heterocycles. The first-order valence-electron chi connectivity index (χ1n) is 8.72. The Hall–Kier alpha value is -2.91. The third kappa shape index (κ3) is 4.03. The van der Waals surface area contributed by atoms with Crippen LogP contribution in [0.15, 0.2) is 48.0 Å². The van der Waals surface area contributed by atoms with Gasteiger partial charge in [0.2, 0.25) is 11.8 Å². The fraction of sp³-hybridized carbons (Fsp3) is 0.150. The topological polar surface area (TPSA) is 62.3 Å². The number of amides is 2. The van der Waals surface area contributed by atoms with Crippen LogP contribution in [0.4, 0.5) is 24.5 Å². The Morgan fingerprint density at radius 2 is 1.93 bits per heavy atom. The van der Waals surface area contributed by atoms with E-state index in [0.29, 0.717) is 11.3 Å². The summed E-state index contributed by atoms with van der Waals surface area (Å²) in [6.07, 6.45) is -2.78. The Morgan fingerprint density at radius 3 is 2.63 bits per heavy atom. The molecule has 0 unspecified atom stereocenters. The van der Waals surface area contributed by atoms with E-state index in [9.17, 15) is 22.8 Å². The standard InChI is InChI=1S/C20H13ClF3N3O2S/c21-17-7-15-14(9-25-17)13-5-6-30-16(13)8-19(29)27(15)10-18(28)26-12-3-1-11(2-4-12)20(22,23)24/h1-7,9H,8,10H2,(H,26,28). The lowest BCUT2D eigenvalue weighted by atomic mass is 10.1. The van der Waals surface area contributed by atoms with Gasteiger partial charge in [-0.05, 0) is 47.3 Å². The van der Waals surface area contributed by atoms with E-state index in [0.717, 1.165) is 34.7 Å². The zero-order valence-corrected chi connectivity index (χ0v) is 16.7. The summed E-state index contributed by atoms with van der Waals surface area (Å²) in [6.45, 7) is -0.317. The van der Waals surface area contributed by atoms with Gasteiger partial charge in [-0.25, -0.2) is 4.98 Å². The first-order valence-corrected chi connectivity index (χ1v) is 9.98. The fourth-order valence-corrected chi connectivity index (χ4v) is 4.23. The van der Waals surface area contributed by atoms with E-state index in [2.05, 4.69) is 10.3 Å². The van der Waals surface area contributed by atoms with Crippen LogP contribution in [-0.2, 0) is 22.2 Å². The summed E-state index contributed by atoms with van der Waals surface area (Å²) in [7, 11) is 0. The molecule has 1 aliphatic rings. The summed E-state index contributed by atoms with van der Waals surface area (Å²) in [5.74, 6) is -0.838. The van der Waals surface area contributed by atoms with Crippen LogP contribution in [0.25, 0.3) is 11.1 Å². The number of anilines is 2. The number of hydrogen-bond donors (Lipinski definition) is 1. The molecule has 1 N–H and O–H groups in total. The number of alkyl halides is 3. The number of carbonyl (C=O) groups excluding carboxylic acids is 2. The quantitative estimate of drug-likeness (QED) is 0.569. The lowest BCUT2D eigenvalue weighted by Gasteiger charge is -2.22. The van der Waals surface area contributed by atoms with E-state index < -0.39 is 17.6 Å². The molecular formula is C20H13ClF3N3O2S. The number of benzene rings is 1. The van der Waals surface area contributed by atoms with Crippen LogP contribution in [0.5, 0.6) is 0 Å². The maximum atomic E-state index is 12.9.